The van der Waals surface area contributed by atoms with E-state index in [1.165, 1.54) is 135 Å². The molecule has 0 saturated heterocycles. The van der Waals surface area contributed by atoms with Crippen molar-refractivity contribution < 1.29 is 24.3 Å². The van der Waals surface area contributed by atoms with Gasteiger partial charge in [0.2, 0.25) is 0 Å². The van der Waals surface area contributed by atoms with Crippen molar-refractivity contribution in [2.75, 3.05) is 6.61 Å². The second-order valence-electron chi connectivity index (χ2n) is 8.75. The summed E-state index contributed by atoms with van der Waals surface area (Å²) in [7, 11) is -4.61. The lowest BCUT2D eigenvalue weighted by Crippen LogP contribution is -2.33. The highest BCUT2D eigenvalue weighted by Crippen LogP contribution is 2.15. The number of rotatable bonds is 22. The zero-order valence-corrected chi connectivity index (χ0v) is 21.0. The zero-order chi connectivity index (χ0) is 22.8. The molecule has 0 radical (unpaired) electrons. The predicted molar refractivity (Wildman–Crippen MR) is 129 cm³/mol. The molecule has 0 heterocycles. The molecule has 0 aromatic carbocycles. The minimum atomic E-state index is -4.61. The van der Waals surface area contributed by atoms with Crippen LogP contribution in [0.15, 0.2) is 0 Å². The highest BCUT2D eigenvalue weighted by molar-refractivity contribution is 6.46. The Hall–Kier alpha value is 0.0169. The van der Waals surface area contributed by atoms with Crippen LogP contribution in [-0.4, -0.2) is 39.9 Å². The SMILES string of the molecule is CCCCCCCCCCCCCCCCCCCCCCCCO.O[Si](O)(O)O. The Kier molecular flexibility index (Phi) is 29.0. The van der Waals surface area contributed by atoms with Gasteiger partial charge >= 0.3 is 9.05 Å². The molecule has 0 aliphatic rings. The van der Waals surface area contributed by atoms with Gasteiger partial charge in [0.15, 0.2) is 0 Å². The third kappa shape index (κ3) is 42.2. The Morgan fingerprint density at radius 1 is 0.367 bits per heavy atom. The Labute approximate surface area is 188 Å². The molecule has 0 bridgehead atoms. The first-order valence-corrected chi connectivity index (χ1v) is 14.7. The largest absolute Gasteiger partial charge is 0.668 e. The van der Waals surface area contributed by atoms with E-state index in [0.717, 1.165) is 6.42 Å². The van der Waals surface area contributed by atoms with Gasteiger partial charge in [-0.25, -0.2) is 0 Å². The van der Waals surface area contributed by atoms with Gasteiger partial charge in [-0.2, -0.15) is 0 Å². The summed E-state index contributed by atoms with van der Waals surface area (Å²) in [6.07, 6.45) is 31.1. The quantitative estimate of drug-likeness (QED) is 0.103. The minimum absolute atomic E-state index is 0.374. The predicted octanol–water partition coefficient (Wildman–Crippen LogP) is 5.97. The lowest BCUT2D eigenvalue weighted by molar-refractivity contribution is 0.117. The van der Waals surface area contributed by atoms with Crippen molar-refractivity contribution in [1.82, 2.24) is 0 Å². The fraction of sp³-hybridized carbons (Fsp3) is 1.00. The van der Waals surface area contributed by atoms with Crippen LogP contribution in [-0.2, 0) is 0 Å². The summed E-state index contributed by atoms with van der Waals surface area (Å²) < 4.78 is 0. The first-order chi connectivity index (χ1) is 14.4. The van der Waals surface area contributed by atoms with Crippen LogP contribution in [0.5, 0.6) is 0 Å². The molecule has 5 nitrogen and oxygen atoms in total. The number of unbranched alkanes of at least 4 members (excludes halogenated alkanes) is 21. The van der Waals surface area contributed by atoms with Gasteiger partial charge in [0.25, 0.3) is 0 Å². The molecular formula is C24H54O5Si. The van der Waals surface area contributed by atoms with E-state index < -0.39 is 9.05 Å². The summed E-state index contributed by atoms with van der Waals surface area (Å²) in [5, 5.41) is 8.72. The van der Waals surface area contributed by atoms with E-state index in [-0.39, 0.29) is 0 Å². The number of aliphatic hydroxyl groups is 1. The van der Waals surface area contributed by atoms with Gasteiger partial charge in [0.1, 0.15) is 0 Å². The summed E-state index contributed by atoms with van der Waals surface area (Å²) in [4.78, 5) is 29.3. The molecule has 5 N–H and O–H groups in total. The summed E-state index contributed by atoms with van der Waals surface area (Å²) in [5.41, 5.74) is 0. The summed E-state index contributed by atoms with van der Waals surface area (Å²) in [6.45, 7) is 2.67. The van der Waals surface area contributed by atoms with Crippen LogP contribution >= 0.6 is 0 Å². The Balaban J connectivity index is 0. The molecule has 0 aromatic heterocycles. The van der Waals surface area contributed by atoms with Crippen LogP contribution in [0.2, 0.25) is 0 Å². The van der Waals surface area contributed by atoms with Crippen molar-refractivity contribution in [3.8, 4) is 0 Å². The van der Waals surface area contributed by atoms with Crippen molar-refractivity contribution in [1.29, 1.82) is 0 Å². The molecule has 0 atom stereocenters. The lowest BCUT2D eigenvalue weighted by atomic mass is 10.0. The van der Waals surface area contributed by atoms with E-state index in [1.54, 1.807) is 0 Å². The standard InChI is InChI=1S/C24H50O.H4O4Si/c1-2-3-4-5-6-7-8-9-10-11-12-13-14-15-16-17-18-19-20-21-22-23-24-25;1-5(2,3)4/h25H,2-24H2,1H3;1-4H. The Bertz CT molecular complexity index is 270. The van der Waals surface area contributed by atoms with Crippen LogP contribution in [0.1, 0.15) is 148 Å². The highest BCUT2D eigenvalue weighted by Gasteiger charge is 2.22. The summed E-state index contributed by atoms with van der Waals surface area (Å²) >= 11 is 0. The lowest BCUT2D eigenvalue weighted by Gasteiger charge is -2.04. The van der Waals surface area contributed by atoms with Gasteiger partial charge in [-0.05, 0) is 6.42 Å². The van der Waals surface area contributed by atoms with Crippen LogP contribution in [0.4, 0.5) is 0 Å². The molecule has 0 unspecified atom stereocenters. The molecule has 30 heavy (non-hydrogen) atoms. The van der Waals surface area contributed by atoms with E-state index in [2.05, 4.69) is 6.92 Å². The maximum Gasteiger partial charge on any atom is 0.668 e. The van der Waals surface area contributed by atoms with Crippen LogP contribution in [0, 0.1) is 0 Å². The van der Waals surface area contributed by atoms with Crippen LogP contribution < -0.4 is 0 Å². The zero-order valence-electron chi connectivity index (χ0n) is 20.0. The molecule has 6 heteroatoms. The molecule has 0 aliphatic heterocycles. The topological polar surface area (TPSA) is 101 Å². The number of aliphatic hydroxyl groups excluding tert-OH is 1. The van der Waals surface area contributed by atoms with Crippen molar-refractivity contribution >= 4 is 9.05 Å². The monoisotopic (exact) mass is 450 g/mol. The molecule has 0 aromatic rings. The van der Waals surface area contributed by atoms with Gasteiger partial charge < -0.3 is 24.3 Å². The van der Waals surface area contributed by atoms with Crippen molar-refractivity contribution in [3.05, 3.63) is 0 Å². The summed E-state index contributed by atoms with van der Waals surface area (Å²) in [6, 6.07) is 0. The molecule has 0 aliphatic carbocycles. The second-order valence-corrected chi connectivity index (χ2v) is 9.95. The molecule has 184 valence electrons. The number of hydrogen-bond donors (Lipinski definition) is 5. The van der Waals surface area contributed by atoms with E-state index in [0.29, 0.717) is 6.61 Å². The average molecular weight is 451 g/mol. The third-order valence-corrected chi connectivity index (χ3v) is 5.51. The highest BCUT2D eigenvalue weighted by atomic mass is 28.4. The molecule has 0 amide bonds. The van der Waals surface area contributed by atoms with Crippen LogP contribution in [0.25, 0.3) is 0 Å². The molecular weight excluding hydrogens is 396 g/mol. The van der Waals surface area contributed by atoms with E-state index in [9.17, 15) is 0 Å². The summed E-state index contributed by atoms with van der Waals surface area (Å²) in [5.74, 6) is 0. The maximum absolute atomic E-state index is 8.72. The molecule has 0 rings (SSSR count). The minimum Gasteiger partial charge on any atom is -0.396 e. The first-order valence-electron chi connectivity index (χ1n) is 12.9. The van der Waals surface area contributed by atoms with Gasteiger partial charge in [-0.15, -0.1) is 0 Å². The molecule has 0 fully saturated rings. The van der Waals surface area contributed by atoms with Gasteiger partial charge in [-0.3, -0.25) is 0 Å². The van der Waals surface area contributed by atoms with Gasteiger partial charge in [-0.1, -0.05) is 142 Å². The fourth-order valence-electron chi connectivity index (χ4n) is 3.72. The van der Waals surface area contributed by atoms with Crippen molar-refractivity contribution in [2.45, 2.75) is 148 Å². The molecule has 0 saturated carbocycles. The van der Waals surface area contributed by atoms with Gasteiger partial charge in [0, 0.05) is 6.61 Å². The first kappa shape index (κ1) is 32.2. The fourth-order valence-corrected chi connectivity index (χ4v) is 3.72. The van der Waals surface area contributed by atoms with Gasteiger partial charge in [0.05, 0.1) is 0 Å². The Morgan fingerprint density at radius 3 is 0.700 bits per heavy atom. The second kappa shape index (κ2) is 27.1. The average Bonchev–Trinajstić information content (AvgIpc) is 2.68. The van der Waals surface area contributed by atoms with Crippen LogP contribution in [0.3, 0.4) is 0 Å². The number of hydrogen-bond acceptors (Lipinski definition) is 5. The third-order valence-electron chi connectivity index (χ3n) is 5.51. The Morgan fingerprint density at radius 2 is 0.533 bits per heavy atom. The molecule has 0 spiro atoms. The maximum atomic E-state index is 8.72. The van der Waals surface area contributed by atoms with Crippen molar-refractivity contribution in [3.63, 3.8) is 0 Å². The van der Waals surface area contributed by atoms with Crippen molar-refractivity contribution in [2.24, 2.45) is 0 Å². The van der Waals surface area contributed by atoms with E-state index in [4.69, 9.17) is 24.3 Å². The van der Waals surface area contributed by atoms with E-state index in [1.807, 2.05) is 0 Å². The normalized spacial score (nSPS) is 11.4. The smallest absolute Gasteiger partial charge is 0.396 e. The van der Waals surface area contributed by atoms with E-state index >= 15 is 0 Å².